The van der Waals surface area contributed by atoms with Crippen LogP contribution in [0.25, 0.3) is 0 Å². The second-order valence-corrected chi connectivity index (χ2v) is 8.88. The first kappa shape index (κ1) is 18.7. The van der Waals surface area contributed by atoms with Crippen LogP contribution in [0, 0.1) is 6.08 Å². The fraction of sp³-hybridized carbons (Fsp3) is 0.368. The summed E-state index contributed by atoms with van der Waals surface area (Å²) in [5.41, 5.74) is 2.78. The Bertz CT molecular complexity index is 847. The molecule has 0 saturated carbocycles. The highest BCUT2D eigenvalue weighted by Gasteiger charge is 2.48. The van der Waals surface area contributed by atoms with Gasteiger partial charge in [0, 0.05) is 59.7 Å². The maximum absolute atomic E-state index is 13.3. The molecule has 1 aliphatic heterocycles. The Kier molecular flexibility index (Phi) is 4.96. The van der Waals surface area contributed by atoms with Gasteiger partial charge in [0.15, 0.2) is 22.7 Å². The molecule has 1 unspecified atom stereocenters. The number of nitrogens with zero attached hydrogens (tertiary/aromatic N) is 2. The number of benzene rings is 1. The third-order valence-electron chi connectivity index (χ3n) is 4.56. The molecule has 1 aromatic rings. The van der Waals surface area contributed by atoms with Crippen LogP contribution in [0.1, 0.15) is 11.2 Å². The van der Waals surface area contributed by atoms with E-state index in [9.17, 15) is 4.57 Å². The molecule has 7 heteroatoms. The molecule has 1 heterocycles. The van der Waals surface area contributed by atoms with Gasteiger partial charge in [-0.05, 0) is 6.07 Å². The summed E-state index contributed by atoms with van der Waals surface area (Å²) in [6.45, 7) is 0. The largest absolute Gasteiger partial charge is 0.396 e. The molecule has 2 aliphatic rings. The third kappa shape index (κ3) is 3.06. The highest BCUT2D eigenvalue weighted by molar-refractivity contribution is 7.54. The number of rotatable bonds is 5. The fourth-order valence-corrected chi connectivity index (χ4v) is 4.68. The van der Waals surface area contributed by atoms with E-state index in [1.165, 1.54) is 14.2 Å². The van der Waals surface area contributed by atoms with Gasteiger partial charge in [0.1, 0.15) is 12.2 Å². The van der Waals surface area contributed by atoms with Gasteiger partial charge in [-0.3, -0.25) is 4.57 Å². The van der Waals surface area contributed by atoms with Crippen molar-refractivity contribution in [2.24, 2.45) is 0 Å². The van der Waals surface area contributed by atoms with Crippen molar-refractivity contribution in [3.05, 3.63) is 59.0 Å². The lowest BCUT2D eigenvalue weighted by atomic mass is 9.96. The lowest BCUT2D eigenvalue weighted by molar-refractivity contribution is 0.266. The van der Waals surface area contributed by atoms with Gasteiger partial charge in [-0.1, -0.05) is 6.07 Å². The molecular weight excluding hydrogens is 351 g/mol. The molecule has 0 radical (unpaired) electrons. The number of hydrogen-bond acceptors (Lipinski definition) is 6. The molecule has 6 nitrogen and oxygen atoms in total. The van der Waals surface area contributed by atoms with Crippen LogP contribution in [0.2, 0.25) is 0 Å². The topological polar surface area (TPSA) is 51.2 Å². The minimum atomic E-state index is -3.44. The van der Waals surface area contributed by atoms with E-state index in [1.807, 2.05) is 68.3 Å². The lowest BCUT2D eigenvalue weighted by Crippen LogP contribution is -2.20. The average Bonchev–Trinajstić information content (AvgIpc) is 2.64. The van der Waals surface area contributed by atoms with Gasteiger partial charge < -0.3 is 23.6 Å². The highest BCUT2D eigenvalue weighted by Crippen LogP contribution is 2.66. The zero-order valence-electron chi connectivity index (χ0n) is 15.9. The predicted octanol–water partition coefficient (Wildman–Crippen LogP) is 3.74. The zero-order chi connectivity index (χ0) is 19.1. The van der Waals surface area contributed by atoms with Crippen LogP contribution in [-0.4, -0.2) is 47.3 Å². The molecule has 0 bridgehead atoms. The Morgan fingerprint density at radius 1 is 1.12 bits per heavy atom. The van der Waals surface area contributed by atoms with Crippen molar-refractivity contribution in [2.45, 2.75) is 5.66 Å². The Labute approximate surface area is 154 Å². The van der Waals surface area contributed by atoms with E-state index in [1.54, 1.807) is 0 Å². The Hall–Kier alpha value is -2.10. The van der Waals surface area contributed by atoms with Crippen molar-refractivity contribution >= 4 is 13.3 Å². The van der Waals surface area contributed by atoms with Gasteiger partial charge in [0.05, 0.1) is 6.08 Å². The number of fused-ring (bicyclic) bond motifs is 1. The van der Waals surface area contributed by atoms with Crippen LogP contribution in [0.4, 0.5) is 5.69 Å². The number of likely N-dealkylation sites (N-methyl/N-ethyl adjacent to an activating group) is 1. The van der Waals surface area contributed by atoms with Crippen LogP contribution in [0.5, 0.6) is 5.75 Å². The van der Waals surface area contributed by atoms with E-state index in [2.05, 4.69) is 6.08 Å². The number of allylic oxidation sites excluding steroid dienone is 4. The molecule has 0 aromatic heterocycles. The molecule has 0 spiro atoms. The maximum Gasteiger partial charge on any atom is 0.345 e. The first-order valence-corrected chi connectivity index (χ1v) is 9.85. The van der Waals surface area contributed by atoms with Crippen LogP contribution < -0.4 is 9.64 Å². The quantitative estimate of drug-likeness (QED) is 0.577. The number of ether oxygens (including phenoxy) is 1. The summed E-state index contributed by atoms with van der Waals surface area (Å²) in [5, 5.41) is 0. The van der Waals surface area contributed by atoms with Crippen LogP contribution in [-0.2, 0) is 13.6 Å². The fourth-order valence-electron chi connectivity index (χ4n) is 3.04. The van der Waals surface area contributed by atoms with Gasteiger partial charge in [-0.2, -0.15) is 0 Å². The van der Waals surface area contributed by atoms with Crippen molar-refractivity contribution in [2.75, 3.05) is 47.3 Å². The molecule has 0 amide bonds. The van der Waals surface area contributed by atoms with Gasteiger partial charge in [-0.25, -0.2) is 0 Å². The third-order valence-corrected chi connectivity index (χ3v) is 6.75. The summed E-state index contributed by atoms with van der Waals surface area (Å²) in [7, 11) is 7.19. The summed E-state index contributed by atoms with van der Waals surface area (Å²) in [4.78, 5) is 3.95. The van der Waals surface area contributed by atoms with Crippen LogP contribution in [0.3, 0.4) is 0 Å². The summed E-state index contributed by atoms with van der Waals surface area (Å²) in [6.07, 6.45) is 7.00. The molecular formula is C19H24N2O4P+. The first-order valence-electron chi connectivity index (χ1n) is 8.24. The van der Waals surface area contributed by atoms with E-state index in [0.717, 1.165) is 16.9 Å². The smallest absolute Gasteiger partial charge is 0.345 e. The second-order valence-electron chi connectivity index (χ2n) is 6.56. The monoisotopic (exact) mass is 375 g/mol. The lowest BCUT2D eigenvalue weighted by Gasteiger charge is -2.29. The van der Waals surface area contributed by atoms with Gasteiger partial charge in [0.2, 0.25) is 5.76 Å². The summed E-state index contributed by atoms with van der Waals surface area (Å²) in [5.74, 6) is 1.26. The normalized spacial score (nSPS) is 18.4. The average molecular weight is 375 g/mol. The molecule has 0 N–H and O–H groups in total. The zero-order valence-corrected chi connectivity index (χ0v) is 16.8. The minimum Gasteiger partial charge on any atom is -0.396 e. The molecule has 1 aromatic carbocycles. The maximum atomic E-state index is 13.3. The van der Waals surface area contributed by atoms with E-state index < -0.39 is 13.3 Å². The van der Waals surface area contributed by atoms with Gasteiger partial charge in [0.25, 0.3) is 0 Å². The van der Waals surface area contributed by atoms with Crippen molar-refractivity contribution in [3.8, 4) is 5.75 Å². The predicted molar refractivity (Wildman–Crippen MR) is 102 cm³/mol. The molecule has 26 heavy (non-hydrogen) atoms. The van der Waals surface area contributed by atoms with Crippen molar-refractivity contribution in [1.82, 2.24) is 4.90 Å². The SMILES string of the molecule is COP(=O)(OC)C1C2=C(C=C(N(C)C)C=[C+]2)Oc2cc(N(C)C)ccc21. The number of anilines is 1. The summed E-state index contributed by atoms with van der Waals surface area (Å²) < 4.78 is 30.1. The Balaban J connectivity index is 2.20. The minimum absolute atomic E-state index is 0.594. The van der Waals surface area contributed by atoms with Crippen molar-refractivity contribution in [3.63, 3.8) is 0 Å². The van der Waals surface area contributed by atoms with Gasteiger partial charge >= 0.3 is 7.60 Å². The standard InChI is InChI=1S/C19H24N2O4P/c1-20(2)13-7-9-15-17(11-13)25-18-12-14(21(3)4)8-10-16(18)19(15)26(22,23-5)24-6/h7-9,11-12,19H,1-6H3/q+1. The van der Waals surface area contributed by atoms with Crippen molar-refractivity contribution < 1.29 is 18.3 Å². The second kappa shape index (κ2) is 6.90. The van der Waals surface area contributed by atoms with Crippen molar-refractivity contribution in [1.29, 1.82) is 0 Å². The van der Waals surface area contributed by atoms with E-state index in [0.29, 0.717) is 17.1 Å². The first-order chi connectivity index (χ1) is 12.3. The van der Waals surface area contributed by atoms with E-state index >= 15 is 0 Å². The molecule has 3 rings (SSSR count). The molecule has 0 fully saturated rings. The molecule has 1 aliphatic carbocycles. The molecule has 0 saturated heterocycles. The Morgan fingerprint density at radius 2 is 1.81 bits per heavy atom. The highest BCUT2D eigenvalue weighted by atomic mass is 31.2. The van der Waals surface area contributed by atoms with E-state index in [4.69, 9.17) is 13.8 Å². The summed E-state index contributed by atoms with van der Waals surface area (Å²) >= 11 is 0. The van der Waals surface area contributed by atoms with E-state index in [-0.39, 0.29) is 0 Å². The van der Waals surface area contributed by atoms with Gasteiger partial charge in [-0.15, -0.1) is 0 Å². The summed E-state index contributed by atoms with van der Waals surface area (Å²) in [6, 6.07) is 5.81. The molecule has 1 atom stereocenters. The Morgan fingerprint density at radius 3 is 2.38 bits per heavy atom. The number of hydrogen-bond donors (Lipinski definition) is 0. The van der Waals surface area contributed by atoms with Crippen LogP contribution in [0.15, 0.2) is 47.4 Å². The molecule has 138 valence electrons. The van der Waals surface area contributed by atoms with Crippen LogP contribution >= 0.6 is 7.60 Å².